The Morgan fingerprint density at radius 2 is 0.789 bits per heavy atom. The van der Waals surface area contributed by atoms with Crippen LogP contribution in [0.5, 0.6) is 23.0 Å². The van der Waals surface area contributed by atoms with Gasteiger partial charge in [-0.05, 0) is 165 Å². The van der Waals surface area contributed by atoms with Crippen molar-refractivity contribution in [3.63, 3.8) is 0 Å². The highest BCUT2D eigenvalue weighted by Crippen LogP contribution is 2.71. The van der Waals surface area contributed by atoms with Crippen molar-refractivity contribution in [2.45, 2.75) is 135 Å². The molecule has 0 bridgehead atoms. The Bertz CT molecular complexity index is 4270. The molecule has 0 saturated carbocycles. The van der Waals surface area contributed by atoms with Crippen LogP contribution in [0.2, 0.25) is 0 Å². The first-order valence-corrected chi connectivity index (χ1v) is 33.2. The first-order chi connectivity index (χ1) is 43.9. The standard InChI is InChI=1S/C77H69N3O8S2/c1-7-31-75(32-8-2)57-20-16-14-18-54(57)62-64(75)61-53-17-13-15-19-56(53)76(33-9-3,34-10-4)65(61)63-55-30-29-52(43-58(55)77(35-11-5,36-12-6)66(62)63)80(50-25-21-46(22-26-50)71-69-67(85-37-39-87-69)59(89-71)41-48(44-78)73(81)82)51-27-23-47(24-28-51)72-70-68(86-38-40-88-70)60(90-72)42-49(45-79)74(83)84/h13-30,37-43H,7-12,31-36H2,1-6H3,(H,81,82)(H,83,84)/b48-41-,49-42+. The summed E-state index contributed by atoms with van der Waals surface area (Å²) in [6, 6.07) is 46.3. The number of benzene rings is 6. The van der Waals surface area contributed by atoms with E-state index in [0.29, 0.717) is 42.5 Å². The summed E-state index contributed by atoms with van der Waals surface area (Å²) < 4.78 is 24.0. The molecule has 13 heteroatoms. The van der Waals surface area contributed by atoms with E-state index in [-0.39, 0.29) is 16.2 Å². The summed E-state index contributed by atoms with van der Waals surface area (Å²) in [5, 5.41) is 39.1. The number of thiophene rings is 2. The molecule has 0 unspecified atom stereocenters. The van der Waals surface area contributed by atoms with E-state index >= 15 is 0 Å². The Morgan fingerprint density at radius 3 is 1.14 bits per heavy atom. The van der Waals surface area contributed by atoms with Gasteiger partial charge in [0.1, 0.15) is 48.3 Å². The number of ether oxygens (including phenoxy) is 4. The van der Waals surface area contributed by atoms with Crippen LogP contribution in [0, 0.1) is 22.7 Å². The quantitative estimate of drug-likeness (QED) is 0.0520. The van der Waals surface area contributed by atoms with Gasteiger partial charge in [-0.2, -0.15) is 10.5 Å². The molecular weight excluding hydrogens is 1160 g/mol. The summed E-state index contributed by atoms with van der Waals surface area (Å²) in [6.45, 7) is 14.2. The Balaban J connectivity index is 1.06. The zero-order chi connectivity index (χ0) is 62.6. The van der Waals surface area contributed by atoms with E-state index in [1.807, 2.05) is 24.3 Å². The van der Waals surface area contributed by atoms with Gasteiger partial charge in [0.05, 0.1) is 19.5 Å². The Kier molecular flexibility index (Phi) is 15.8. The second-order valence-electron chi connectivity index (χ2n) is 24.1. The van der Waals surface area contributed by atoms with Gasteiger partial charge in [0, 0.05) is 33.3 Å². The van der Waals surface area contributed by atoms with Crippen molar-refractivity contribution in [2.75, 3.05) is 4.90 Å². The van der Waals surface area contributed by atoms with Crippen LogP contribution in [0.3, 0.4) is 0 Å². The average Bonchev–Trinajstić information content (AvgIpc) is 1.48. The van der Waals surface area contributed by atoms with Crippen LogP contribution in [0.25, 0.3) is 66.4 Å². The molecule has 11 nitrogen and oxygen atoms in total. The number of hydrogen-bond acceptors (Lipinski definition) is 11. The van der Waals surface area contributed by atoms with E-state index < -0.39 is 23.1 Å². The first-order valence-electron chi connectivity index (χ1n) is 31.5. The van der Waals surface area contributed by atoms with Crippen molar-refractivity contribution >= 4 is 63.8 Å². The number of nitrogens with zero attached hydrogens (tertiary/aromatic N) is 3. The number of rotatable bonds is 21. The van der Waals surface area contributed by atoms with Crippen LogP contribution in [0.1, 0.15) is 162 Å². The molecule has 2 aromatic heterocycles. The summed E-state index contributed by atoms with van der Waals surface area (Å²) in [7, 11) is 0. The van der Waals surface area contributed by atoms with Crippen LogP contribution in [0.15, 0.2) is 151 Å². The normalized spacial score (nSPS) is 15.2. The molecule has 8 aromatic rings. The highest BCUT2D eigenvalue weighted by molar-refractivity contribution is 7.17. The van der Waals surface area contributed by atoms with Crippen molar-refractivity contribution in [2.24, 2.45) is 0 Å². The summed E-state index contributed by atoms with van der Waals surface area (Å²) in [5.41, 5.74) is 20.3. The minimum atomic E-state index is -1.34. The number of carbonyl (C=O) groups is 2. The maximum atomic E-state index is 12.0. The number of aliphatic carboxylic acids is 2. The summed E-state index contributed by atoms with van der Waals surface area (Å²) in [6.07, 6.45) is 20.7. The van der Waals surface area contributed by atoms with Crippen molar-refractivity contribution in [3.8, 4) is 89.4 Å². The fourth-order valence-electron chi connectivity index (χ4n) is 16.2. The molecular formula is C77H69N3O8S2. The number of fused-ring (bicyclic) bond motifs is 14. The molecule has 452 valence electrons. The van der Waals surface area contributed by atoms with E-state index in [0.717, 1.165) is 105 Å². The first kappa shape index (κ1) is 59.6. The molecule has 6 aromatic carbocycles. The Labute approximate surface area is 533 Å². The second-order valence-corrected chi connectivity index (χ2v) is 26.2. The molecule has 3 aliphatic carbocycles. The van der Waals surface area contributed by atoms with Crippen LogP contribution in [0.4, 0.5) is 17.1 Å². The van der Waals surface area contributed by atoms with Crippen molar-refractivity contribution in [1.82, 2.24) is 0 Å². The zero-order valence-corrected chi connectivity index (χ0v) is 53.1. The van der Waals surface area contributed by atoms with Crippen molar-refractivity contribution in [3.05, 3.63) is 195 Å². The smallest absolute Gasteiger partial charge is 0.346 e. The van der Waals surface area contributed by atoms with Gasteiger partial charge in [0.15, 0.2) is 23.0 Å². The van der Waals surface area contributed by atoms with Gasteiger partial charge in [-0.15, -0.1) is 22.7 Å². The third-order valence-electron chi connectivity index (χ3n) is 19.0. The monoisotopic (exact) mass is 1230 g/mol. The van der Waals surface area contributed by atoms with E-state index in [2.05, 4.69) is 137 Å². The van der Waals surface area contributed by atoms with Gasteiger partial charge >= 0.3 is 11.9 Å². The number of anilines is 3. The minimum Gasteiger partial charge on any atom is -0.477 e. The molecule has 0 spiro atoms. The van der Waals surface area contributed by atoms with Crippen LogP contribution < -0.4 is 23.8 Å². The molecule has 4 heterocycles. The number of hydrogen-bond donors (Lipinski definition) is 2. The van der Waals surface area contributed by atoms with Crippen molar-refractivity contribution < 1.29 is 38.7 Å². The zero-order valence-electron chi connectivity index (χ0n) is 51.4. The summed E-state index contributed by atoms with van der Waals surface area (Å²) >= 11 is 2.57. The lowest BCUT2D eigenvalue weighted by atomic mass is 9.64. The highest BCUT2D eigenvalue weighted by atomic mass is 32.1. The van der Waals surface area contributed by atoms with Gasteiger partial charge < -0.3 is 34.1 Å². The molecule has 0 atom stereocenters. The molecule has 2 N–H and O–H groups in total. The topological polar surface area (TPSA) is 162 Å². The predicted octanol–water partition coefficient (Wildman–Crippen LogP) is 20.7. The van der Waals surface area contributed by atoms with Gasteiger partial charge in [0.25, 0.3) is 0 Å². The largest absolute Gasteiger partial charge is 0.477 e. The molecule has 5 aliphatic rings. The molecule has 0 radical (unpaired) electrons. The second kappa shape index (κ2) is 23.8. The van der Waals surface area contributed by atoms with E-state index in [4.69, 9.17) is 18.9 Å². The maximum Gasteiger partial charge on any atom is 0.346 e. The summed E-state index contributed by atoms with van der Waals surface area (Å²) in [4.78, 5) is 28.7. The molecule has 0 fully saturated rings. The van der Waals surface area contributed by atoms with Crippen LogP contribution in [-0.4, -0.2) is 22.2 Å². The predicted molar refractivity (Wildman–Crippen MR) is 359 cm³/mol. The minimum absolute atomic E-state index is 0.168. The SMILES string of the molecule is CCCC1(CCC)c2ccccc2-c2c1c1c(c3c2C(CCC)(CCC)c2cc(N(c4ccc(-c5sc(/C=C(/C#N)C(=O)O)c6c5OC=CO6)cc4)c4ccc(-c5sc(/C=C(\C#N)C(=O)O)c6c5OC=CO6)cc4)ccc2-3)C(CCC)(CCC)c2ccccc2-1. The molecule has 0 saturated heterocycles. The summed E-state index contributed by atoms with van der Waals surface area (Å²) in [5.74, 6) is -1.15. The molecule has 0 amide bonds. The van der Waals surface area contributed by atoms with Crippen LogP contribution >= 0.6 is 22.7 Å². The third kappa shape index (κ3) is 9.14. The fourth-order valence-corrected chi connectivity index (χ4v) is 18.4. The van der Waals surface area contributed by atoms with E-state index in [1.54, 1.807) is 23.3 Å². The lowest BCUT2D eigenvalue weighted by molar-refractivity contribution is -0.133. The van der Waals surface area contributed by atoms with Gasteiger partial charge in [-0.1, -0.05) is 159 Å². The van der Waals surface area contributed by atoms with E-state index in [9.17, 15) is 30.3 Å². The Hall–Kier alpha value is -9.40. The molecule has 2 aliphatic heterocycles. The molecule has 13 rings (SSSR count). The van der Waals surface area contributed by atoms with Gasteiger partial charge in [0.2, 0.25) is 0 Å². The lowest BCUT2D eigenvalue weighted by Crippen LogP contribution is -2.30. The Morgan fingerprint density at radius 1 is 0.456 bits per heavy atom. The molecule has 90 heavy (non-hydrogen) atoms. The lowest BCUT2D eigenvalue weighted by Gasteiger charge is -2.39. The van der Waals surface area contributed by atoms with Gasteiger partial charge in [-0.25, -0.2) is 9.59 Å². The van der Waals surface area contributed by atoms with Gasteiger partial charge in [-0.3, -0.25) is 0 Å². The van der Waals surface area contributed by atoms with Crippen molar-refractivity contribution in [1.29, 1.82) is 10.5 Å². The highest BCUT2D eigenvalue weighted by Gasteiger charge is 2.57. The fraction of sp³-hybridized carbons (Fsp3) is 0.273. The maximum absolute atomic E-state index is 12.0. The number of carboxylic acids is 2. The number of carboxylic acid groups (broad SMARTS) is 2. The third-order valence-corrected chi connectivity index (χ3v) is 21.3. The van der Waals surface area contributed by atoms with Crippen LogP contribution in [-0.2, 0) is 25.8 Å². The number of nitriles is 2. The average molecular weight is 1230 g/mol. The van der Waals surface area contributed by atoms with E-state index in [1.165, 1.54) is 116 Å².